The molecule has 2 aromatic heterocycles. The summed E-state index contributed by atoms with van der Waals surface area (Å²) in [4.78, 5) is 38.8. The Kier molecular flexibility index (Phi) is 15.2. The van der Waals surface area contributed by atoms with Crippen molar-refractivity contribution in [1.82, 2.24) is 30.6 Å². The van der Waals surface area contributed by atoms with Gasteiger partial charge in [-0.05, 0) is 117 Å². The summed E-state index contributed by atoms with van der Waals surface area (Å²) in [5.74, 6) is 0.827. The highest BCUT2D eigenvalue weighted by atomic mass is 35.5. The maximum atomic E-state index is 11.8. The third kappa shape index (κ3) is 14.6. The monoisotopic (exact) mass is 790 g/mol. The molecule has 6 N–H and O–H groups in total. The number of halogens is 1. The summed E-state index contributed by atoms with van der Waals surface area (Å²) in [6, 6.07) is 15.2. The zero-order valence-electron chi connectivity index (χ0n) is 34.5. The number of aromatic nitrogens is 4. The highest BCUT2D eigenvalue weighted by molar-refractivity contribution is 6.62. The summed E-state index contributed by atoms with van der Waals surface area (Å²) < 4.78 is 22.7. The van der Waals surface area contributed by atoms with E-state index < -0.39 is 23.4 Å². The van der Waals surface area contributed by atoms with Gasteiger partial charge in [-0.15, -0.1) is 0 Å². The van der Waals surface area contributed by atoms with Crippen molar-refractivity contribution in [3.63, 3.8) is 0 Å². The van der Waals surface area contributed by atoms with Gasteiger partial charge in [-0.1, -0.05) is 41.9 Å². The molecule has 16 heteroatoms. The van der Waals surface area contributed by atoms with Crippen molar-refractivity contribution < 1.29 is 28.4 Å². The molecule has 0 bridgehead atoms. The van der Waals surface area contributed by atoms with Gasteiger partial charge in [0.25, 0.3) is 0 Å². The van der Waals surface area contributed by atoms with Crippen LogP contribution in [0.15, 0.2) is 61.2 Å². The van der Waals surface area contributed by atoms with Crippen LogP contribution in [0.1, 0.15) is 91.5 Å². The van der Waals surface area contributed by atoms with Gasteiger partial charge in [0.2, 0.25) is 0 Å². The first kappa shape index (κ1) is 45.4. The quantitative estimate of drug-likeness (QED) is 0.114. The van der Waals surface area contributed by atoms with E-state index in [2.05, 4.69) is 30.6 Å². The molecule has 1 fully saturated rings. The summed E-state index contributed by atoms with van der Waals surface area (Å²) in [6.45, 7) is 24.0. The van der Waals surface area contributed by atoms with Crippen LogP contribution in [0.4, 0.5) is 21.2 Å². The molecule has 0 radical (unpaired) electrons. The predicted octanol–water partition coefficient (Wildman–Crippen LogP) is 7.09. The smallest absolute Gasteiger partial charge is 0.444 e. The number of rotatable bonds is 6. The number of hydrogen-bond donors (Lipinski definition) is 4. The number of alkyl carbamates (subject to hydrolysis) is 2. The Morgan fingerprint density at radius 3 is 1.59 bits per heavy atom. The Morgan fingerprint density at radius 1 is 0.714 bits per heavy atom. The van der Waals surface area contributed by atoms with E-state index in [1.807, 2.05) is 119 Å². The third-order valence-corrected chi connectivity index (χ3v) is 8.72. The SMILES string of the molecule is Cc1cc(-c2cc(N)ncn2)ccc1CNC(=O)OC(C)(C)C.Cc1cc(B2OC(C)(C)C(C)(C)O2)ccc1CNC(=O)OC(C)(C)C.Nc1cc(Cl)ncn1. The van der Waals surface area contributed by atoms with Crippen LogP contribution >= 0.6 is 11.6 Å². The van der Waals surface area contributed by atoms with Gasteiger partial charge in [0, 0.05) is 30.8 Å². The minimum atomic E-state index is -0.504. The topological polar surface area (TPSA) is 199 Å². The normalized spacial score (nSPS) is 14.3. The average Bonchev–Trinajstić information content (AvgIpc) is 3.28. The molecule has 0 aliphatic carbocycles. The summed E-state index contributed by atoms with van der Waals surface area (Å²) >= 11 is 5.41. The van der Waals surface area contributed by atoms with Gasteiger partial charge in [-0.3, -0.25) is 0 Å². The van der Waals surface area contributed by atoms with Gasteiger partial charge < -0.3 is 40.9 Å². The van der Waals surface area contributed by atoms with Crippen molar-refractivity contribution in [3.8, 4) is 11.3 Å². The Hall–Kier alpha value is -4.99. The first-order chi connectivity index (χ1) is 25.8. The standard InChI is InChI=1S/C19H30BNO4.C17H22N4O2.C4H4ClN3/c1-13-11-15(20-24-18(5,6)19(7,8)25-20)10-9-14(13)12-21-16(22)23-17(2,3)4;1-11-7-12(14-8-15(18)21-10-20-14)5-6-13(11)9-19-16(22)23-17(2,3)4;5-3-1-4(6)8-2-7-3/h9-11H,12H2,1-8H3,(H,21,22);5-8,10H,9H2,1-4H3,(H,19,22)(H2,18,20,21);1-2H,(H2,6,7,8). The van der Waals surface area contributed by atoms with Crippen molar-refractivity contribution in [2.24, 2.45) is 0 Å². The molecule has 1 aliphatic rings. The van der Waals surface area contributed by atoms with E-state index in [0.717, 1.165) is 39.0 Å². The highest BCUT2D eigenvalue weighted by Crippen LogP contribution is 2.36. The van der Waals surface area contributed by atoms with Crippen molar-refractivity contribution in [2.75, 3.05) is 11.5 Å². The number of carbonyl (C=O) groups is 2. The van der Waals surface area contributed by atoms with E-state index in [4.69, 9.17) is 41.9 Å². The molecule has 2 aromatic carbocycles. The van der Waals surface area contributed by atoms with E-state index in [1.165, 1.54) is 18.7 Å². The van der Waals surface area contributed by atoms with Crippen molar-refractivity contribution in [3.05, 3.63) is 88.6 Å². The van der Waals surface area contributed by atoms with Crippen molar-refractivity contribution in [2.45, 2.75) is 119 Å². The molecular formula is C40H56BClN8O6. The fourth-order valence-corrected chi connectivity index (χ4v) is 5.09. The van der Waals surface area contributed by atoms with Gasteiger partial charge in [-0.25, -0.2) is 29.5 Å². The number of hydrogen-bond acceptors (Lipinski definition) is 12. The van der Waals surface area contributed by atoms with E-state index in [9.17, 15) is 9.59 Å². The first-order valence-corrected chi connectivity index (χ1v) is 18.5. The minimum absolute atomic E-state index is 0.359. The molecule has 0 saturated carbocycles. The number of nitrogens with two attached hydrogens (primary N) is 2. The van der Waals surface area contributed by atoms with Crippen molar-refractivity contribution >= 4 is 48.0 Å². The zero-order chi connectivity index (χ0) is 42.1. The Labute approximate surface area is 336 Å². The molecule has 1 saturated heterocycles. The Morgan fingerprint density at radius 2 is 1.18 bits per heavy atom. The number of benzene rings is 2. The maximum Gasteiger partial charge on any atom is 0.494 e. The number of aryl methyl sites for hydroxylation is 2. The molecule has 4 aromatic rings. The lowest BCUT2D eigenvalue weighted by Crippen LogP contribution is -2.41. The number of nitrogens with zero attached hydrogens (tertiary/aromatic N) is 4. The number of amides is 2. The number of anilines is 2. The highest BCUT2D eigenvalue weighted by Gasteiger charge is 2.51. The molecule has 302 valence electrons. The van der Waals surface area contributed by atoms with Crippen LogP contribution in [0.3, 0.4) is 0 Å². The molecule has 5 rings (SSSR count). The average molecular weight is 791 g/mol. The molecule has 0 unspecified atom stereocenters. The van der Waals surface area contributed by atoms with Gasteiger partial charge >= 0.3 is 19.3 Å². The van der Waals surface area contributed by atoms with Gasteiger partial charge in [-0.2, -0.15) is 0 Å². The van der Waals surface area contributed by atoms with Crippen LogP contribution in [-0.4, -0.2) is 61.6 Å². The number of carbonyl (C=O) groups excluding carboxylic acids is 2. The summed E-state index contributed by atoms with van der Waals surface area (Å²) in [7, 11) is -0.378. The lowest BCUT2D eigenvalue weighted by Gasteiger charge is -2.32. The largest absolute Gasteiger partial charge is 0.494 e. The Bertz CT molecular complexity index is 1930. The summed E-state index contributed by atoms with van der Waals surface area (Å²) in [6.07, 6.45) is 1.92. The minimum Gasteiger partial charge on any atom is -0.444 e. The van der Waals surface area contributed by atoms with Crippen LogP contribution in [0.5, 0.6) is 0 Å². The van der Waals surface area contributed by atoms with Gasteiger partial charge in [0.05, 0.1) is 16.9 Å². The molecule has 0 atom stereocenters. The lowest BCUT2D eigenvalue weighted by atomic mass is 9.78. The number of ether oxygens (including phenoxy) is 2. The Balaban J connectivity index is 0.000000251. The first-order valence-electron chi connectivity index (χ1n) is 18.1. The third-order valence-electron chi connectivity index (χ3n) is 8.52. The molecule has 2 amide bonds. The fourth-order valence-electron chi connectivity index (χ4n) is 4.94. The van der Waals surface area contributed by atoms with E-state index in [-0.39, 0.29) is 18.3 Å². The van der Waals surface area contributed by atoms with E-state index >= 15 is 0 Å². The zero-order valence-corrected chi connectivity index (χ0v) is 35.3. The van der Waals surface area contributed by atoms with Crippen LogP contribution in [0.25, 0.3) is 11.3 Å². The molecule has 56 heavy (non-hydrogen) atoms. The molecule has 14 nitrogen and oxygen atoms in total. The second kappa shape index (κ2) is 18.8. The molecule has 1 aliphatic heterocycles. The summed E-state index contributed by atoms with van der Waals surface area (Å²) in [5.41, 5.74) is 16.1. The van der Waals surface area contributed by atoms with Crippen LogP contribution in [0, 0.1) is 13.8 Å². The number of nitrogens with one attached hydrogen (secondary N) is 2. The van der Waals surface area contributed by atoms with E-state index in [1.54, 1.807) is 6.07 Å². The maximum absolute atomic E-state index is 11.8. The predicted molar refractivity (Wildman–Crippen MR) is 221 cm³/mol. The molecule has 3 heterocycles. The van der Waals surface area contributed by atoms with Gasteiger partial charge in [0.1, 0.15) is 40.6 Å². The van der Waals surface area contributed by atoms with Crippen molar-refractivity contribution in [1.29, 1.82) is 0 Å². The van der Waals surface area contributed by atoms with Crippen LogP contribution in [0.2, 0.25) is 5.15 Å². The fraction of sp³-hybridized carbons (Fsp3) is 0.450. The van der Waals surface area contributed by atoms with E-state index in [0.29, 0.717) is 29.9 Å². The van der Waals surface area contributed by atoms with Gasteiger partial charge in [0.15, 0.2) is 0 Å². The molecular weight excluding hydrogens is 735 g/mol. The van der Waals surface area contributed by atoms with Crippen LogP contribution < -0.4 is 27.6 Å². The molecule has 0 spiro atoms. The lowest BCUT2D eigenvalue weighted by molar-refractivity contribution is 0.00578. The second-order valence-corrected chi connectivity index (χ2v) is 16.6. The van der Waals surface area contributed by atoms with Crippen LogP contribution in [-0.2, 0) is 31.9 Å². The second-order valence-electron chi connectivity index (χ2n) is 16.2. The number of nitrogen functional groups attached to an aromatic ring is 2. The summed E-state index contributed by atoms with van der Waals surface area (Å²) in [5, 5.41) is 5.92.